The van der Waals surface area contributed by atoms with Crippen LogP contribution < -0.4 is 0 Å². The number of carbonyl (C=O) groups is 2. The molecule has 1 saturated carbocycles. The molecule has 1 aromatic carbocycles. The summed E-state index contributed by atoms with van der Waals surface area (Å²) in [5.74, 6) is -2.24. The summed E-state index contributed by atoms with van der Waals surface area (Å²) < 4.78 is 45.5. The second-order valence-electron chi connectivity index (χ2n) is 9.64. The van der Waals surface area contributed by atoms with Gasteiger partial charge in [-0.3, -0.25) is 14.7 Å². The van der Waals surface area contributed by atoms with Gasteiger partial charge in [0, 0.05) is 43.8 Å². The minimum absolute atomic E-state index is 0.0490. The van der Waals surface area contributed by atoms with Crippen molar-refractivity contribution in [2.45, 2.75) is 57.4 Å². The van der Waals surface area contributed by atoms with Crippen molar-refractivity contribution in [1.29, 1.82) is 0 Å². The number of aromatic nitrogens is 1. The number of piperidine rings is 1. The van der Waals surface area contributed by atoms with Crippen LogP contribution in [0.3, 0.4) is 0 Å². The van der Waals surface area contributed by atoms with Crippen LogP contribution in [0.1, 0.15) is 54.2 Å². The van der Waals surface area contributed by atoms with Crippen molar-refractivity contribution in [3.05, 3.63) is 71.1 Å². The molecule has 9 heteroatoms. The molecule has 0 unspecified atom stereocenters. The van der Waals surface area contributed by atoms with Gasteiger partial charge in [-0.05, 0) is 43.4 Å². The number of carbonyl (C=O) groups excluding carboxylic acids is 2. The fraction of sp³-hybridized carbons (Fsp3) is 0.464. The highest BCUT2D eigenvalue weighted by Crippen LogP contribution is 2.46. The average molecular weight is 516 g/mol. The molecule has 2 aliphatic rings. The first-order valence-corrected chi connectivity index (χ1v) is 12.6. The van der Waals surface area contributed by atoms with Gasteiger partial charge in [0.05, 0.1) is 18.4 Å². The molecule has 198 valence electrons. The molecular weight excluding hydrogens is 483 g/mol. The predicted molar refractivity (Wildman–Crippen MR) is 133 cm³/mol. The van der Waals surface area contributed by atoms with E-state index in [-0.39, 0.29) is 5.92 Å². The number of nitrogens with zero attached hydrogens (tertiary/aromatic N) is 3. The van der Waals surface area contributed by atoms with E-state index in [1.54, 1.807) is 12.1 Å². The number of rotatable bonds is 8. The predicted octanol–water partition coefficient (Wildman–Crippen LogP) is 5.11. The van der Waals surface area contributed by atoms with Crippen molar-refractivity contribution in [2.24, 2.45) is 5.92 Å². The molecule has 1 aliphatic heterocycles. The lowest BCUT2D eigenvalue weighted by molar-refractivity contribution is -0.189. The Morgan fingerprint density at radius 3 is 2.41 bits per heavy atom. The molecule has 1 amide bonds. The summed E-state index contributed by atoms with van der Waals surface area (Å²) in [5.41, 5.74) is 3.21. The highest BCUT2D eigenvalue weighted by molar-refractivity contribution is 5.88. The molecule has 1 aliphatic carbocycles. The van der Waals surface area contributed by atoms with Gasteiger partial charge in [-0.15, -0.1) is 0 Å². The Labute approximate surface area is 215 Å². The number of alkyl halides is 3. The van der Waals surface area contributed by atoms with Gasteiger partial charge in [-0.2, -0.15) is 13.2 Å². The summed E-state index contributed by atoms with van der Waals surface area (Å²) in [6.45, 7) is 3.65. The summed E-state index contributed by atoms with van der Waals surface area (Å²) in [6.07, 6.45) is 0.825. The number of hydrogen-bond donors (Lipinski definition) is 0. The number of hydrogen-bond acceptors (Lipinski definition) is 5. The minimum Gasteiger partial charge on any atom is -0.465 e. The number of amides is 1. The lowest BCUT2D eigenvalue weighted by Crippen LogP contribution is -2.52. The molecular formula is C28H32F3N3O3. The van der Waals surface area contributed by atoms with Crippen LogP contribution in [0.15, 0.2) is 54.2 Å². The quantitative estimate of drug-likeness (QED) is 0.458. The zero-order chi connectivity index (χ0) is 26.6. The summed E-state index contributed by atoms with van der Waals surface area (Å²) in [5, 5.41) is 0. The van der Waals surface area contributed by atoms with Gasteiger partial charge >= 0.3 is 18.1 Å². The third kappa shape index (κ3) is 6.57. The van der Waals surface area contributed by atoms with Crippen molar-refractivity contribution in [2.75, 3.05) is 20.2 Å². The number of benzene rings is 1. The maximum Gasteiger partial charge on any atom is 0.471 e. The standard InChI is InChI=1S/C28H32F3N3O3/c1-3-20(15-19-7-5-4-6-8-19)24-16-25(24)34(27(36)28(29,30)31)23-11-13-33(14-12-23)18-22-10-9-21(17-32-22)26(35)37-2/h4-10,15,17,23-25H,3,11-14,16,18H2,1-2H3/b20-15+/t24-,25+/m0/s1. The summed E-state index contributed by atoms with van der Waals surface area (Å²) in [4.78, 5) is 31.7. The fourth-order valence-corrected chi connectivity index (χ4v) is 5.20. The van der Waals surface area contributed by atoms with Crippen molar-refractivity contribution in [3.8, 4) is 0 Å². The minimum atomic E-state index is -4.90. The number of pyridine rings is 1. The maximum atomic E-state index is 13.6. The second kappa shape index (κ2) is 11.5. The van der Waals surface area contributed by atoms with Gasteiger partial charge in [-0.1, -0.05) is 48.9 Å². The molecule has 0 spiro atoms. The lowest BCUT2D eigenvalue weighted by Gasteiger charge is -2.39. The lowest BCUT2D eigenvalue weighted by atomic mass is 10.0. The Balaban J connectivity index is 1.42. The number of esters is 1. The second-order valence-corrected chi connectivity index (χ2v) is 9.64. The first-order chi connectivity index (χ1) is 17.7. The molecule has 2 fully saturated rings. The monoisotopic (exact) mass is 515 g/mol. The van der Waals surface area contributed by atoms with Gasteiger partial charge in [0.15, 0.2) is 0 Å². The Kier molecular flexibility index (Phi) is 8.32. The molecule has 2 aromatic rings. The van der Waals surface area contributed by atoms with E-state index in [1.807, 2.05) is 43.3 Å². The van der Waals surface area contributed by atoms with E-state index in [0.29, 0.717) is 44.5 Å². The van der Waals surface area contributed by atoms with Crippen LogP contribution in [0.5, 0.6) is 0 Å². The smallest absolute Gasteiger partial charge is 0.465 e. The highest BCUT2D eigenvalue weighted by Gasteiger charge is 2.54. The Hall–Kier alpha value is -3.20. The molecule has 0 radical (unpaired) electrons. The van der Waals surface area contributed by atoms with Gasteiger partial charge in [0.25, 0.3) is 0 Å². The molecule has 4 rings (SSSR count). The molecule has 0 N–H and O–H groups in total. The highest BCUT2D eigenvalue weighted by atomic mass is 19.4. The largest absolute Gasteiger partial charge is 0.471 e. The molecule has 6 nitrogen and oxygen atoms in total. The number of methoxy groups -OCH3 is 1. The van der Waals surface area contributed by atoms with Crippen LogP contribution >= 0.6 is 0 Å². The van der Waals surface area contributed by atoms with Crippen LogP contribution in [-0.4, -0.2) is 65.1 Å². The van der Waals surface area contributed by atoms with E-state index < -0.39 is 30.1 Å². The third-order valence-electron chi connectivity index (χ3n) is 7.21. The van der Waals surface area contributed by atoms with E-state index in [9.17, 15) is 22.8 Å². The first-order valence-electron chi connectivity index (χ1n) is 12.6. The average Bonchev–Trinajstić information content (AvgIpc) is 3.68. The van der Waals surface area contributed by atoms with Crippen LogP contribution in [0, 0.1) is 5.92 Å². The molecule has 0 bridgehead atoms. The third-order valence-corrected chi connectivity index (χ3v) is 7.21. The van der Waals surface area contributed by atoms with E-state index in [0.717, 1.165) is 28.2 Å². The van der Waals surface area contributed by atoms with E-state index >= 15 is 0 Å². The SMILES string of the molecule is CC/C(=C\c1ccccc1)[C@@H]1C[C@H]1N(C(=O)C(F)(F)F)C1CCN(Cc2ccc(C(=O)OC)cn2)CC1. The van der Waals surface area contributed by atoms with Gasteiger partial charge in [-0.25, -0.2) is 4.79 Å². The normalized spacial score (nSPS) is 20.9. The molecule has 37 heavy (non-hydrogen) atoms. The maximum absolute atomic E-state index is 13.6. The van der Waals surface area contributed by atoms with Crippen molar-refractivity contribution < 1.29 is 27.5 Å². The van der Waals surface area contributed by atoms with Crippen molar-refractivity contribution >= 4 is 18.0 Å². The molecule has 1 saturated heterocycles. The van der Waals surface area contributed by atoms with Crippen LogP contribution in [-0.2, 0) is 16.1 Å². The molecule has 2 atom stereocenters. The fourth-order valence-electron chi connectivity index (χ4n) is 5.20. The van der Waals surface area contributed by atoms with Crippen LogP contribution in [0.4, 0.5) is 13.2 Å². The number of likely N-dealkylation sites (tertiary alicyclic amines) is 1. The summed E-state index contributed by atoms with van der Waals surface area (Å²) in [7, 11) is 1.31. The van der Waals surface area contributed by atoms with Crippen LogP contribution in [0.25, 0.3) is 6.08 Å². The van der Waals surface area contributed by atoms with Gasteiger partial charge < -0.3 is 9.64 Å². The van der Waals surface area contributed by atoms with E-state index in [2.05, 4.69) is 14.6 Å². The first kappa shape index (κ1) is 26.9. The van der Waals surface area contributed by atoms with Crippen molar-refractivity contribution in [3.63, 3.8) is 0 Å². The zero-order valence-corrected chi connectivity index (χ0v) is 21.1. The van der Waals surface area contributed by atoms with Gasteiger partial charge in [0.2, 0.25) is 0 Å². The summed E-state index contributed by atoms with van der Waals surface area (Å²) >= 11 is 0. The van der Waals surface area contributed by atoms with E-state index in [4.69, 9.17) is 0 Å². The molecule has 1 aromatic heterocycles. The Morgan fingerprint density at radius 2 is 1.84 bits per heavy atom. The van der Waals surface area contributed by atoms with Crippen molar-refractivity contribution in [1.82, 2.24) is 14.8 Å². The van der Waals surface area contributed by atoms with Gasteiger partial charge in [0.1, 0.15) is 0 Å². The van der Waals surface area contributed by atoms with Crippen LogP contribution in [0.2, 0.25) is 0 Å². The topological polar surface area (TPSA) is 62.7 Å². The van der Waals surface area contributed by atoms with E-state index in [1.165, 1.54) is 13.3 Å². The Morgan fingerprint density at radius 1 is 1.14 bits per heavy atom. The summed E-state index contributed by atoms with van der Waals surface area (Å²) in [6, 6.07) is 12.2. The zero-order valence-electron chi connectivity index (χ0n) is 21.1. The molecule has 2 heterocycles. The number of ether oxygens (including phenoxy) is 1. The Bertz CT molecular complexity index is 1110. The number of halogens is 3.